The molecule has 0 bridgehead atoms. The van der Waals surface area contributed by atoms with Gasteiger partial charge in [-0.2, -0.15) is 4.98 Å². The van der Waals surface area contributed by atoms with E-state index in [1.807, 2.05) is 6.92 Å². The van der Waals surface area contributed by atoms with Crippen LogP contribution in [0, 0.1) is 5.92 Å². The fourth-order valence-electron chi connectivity index (χ4n) is 2.64. The molecule has 0 aliphatic heterocycles. The van der Waals surface area contributed by atoms with Crippen LogP contribution in [0.3, 0.4) is 0 Å². The number of aromatic amines is 1. The maximum absolute atomic E-state index is 11.9. The summed E-state index contributed by atoms with van der Waals surface area (Å²) in [5.41, 5.74) is 0. The lowest BCUT2D eigenvalue weighted by Crippen LogP contribution is -2.18. The molecular formula is C14H22N4O3. The Kier molecular flexibility index (Phi) is 5.30. The molecule has 1 heterocycles. The van der Waals surface area contributed by atoms with Gasteiger partial charge in [0.1, 0.15) is 5.82 Å². The van der Waals surface area contributed by atoms with Gasteiger partial charge in [0, 0.05) is 18.8 Å². The second kappa shape index (κ2) is 7.19. The largest absolute Gasteiger partial charge is 0.469 e. The first-order chi connectivity index (χ1) is 10.1. The van der Waals surface area contributed by atoms with Crippen LogP contribution in [-0.4, -0.2) is 34.2 Å². The van der Waals surface area contributed by atoms with E-state index in [0.717, 1.165) is 18.7 Å². The molecule has 7 nitrogen and oxygen atoms in total. The Morgan fingerprint density at radius 1 is 1.38 bits per heavy atom. The van der Waals surface area contributed by atoms with E-state index in [1.165, 1.54) is 20.0 Å². The number of carbonyl (C=O) groups is 2. The molecule has 1 saturated carbocycles. The van der Waals surface area contributed by atoms with Crippen molar-refractivity contribution in [3.8, 4) is 0 Å². The predicted octanol–water partition coefficient (Wildman–Crippen LogP) is 1.99. The number of amides is 1. The highest BCUT2D eigenvalue weighted by Crippen LogP contribution is 2.32. The molecule has 0 radical (unpaired) electrons. The number of methoxy groups -OCH3 is 1. The molecule has 0 aromatic carbocycles. The van der Waals surface area contributed by atoms with Crippen LogP contribution in [0.2, 0.25) is 0 Å². The van der Waals surface area contributed by atoms with Gasteiger partial charge in [0.05, 0.1) is 7.11 Å². The minimum atomic E-state index is -0.309. The molecule has 21 heavy (non-hydrogen) atoms. The number of H-pyrrole nitrogens is 1. The van der Waals surface area contributed by atoms with E-state index in [2.05, 4.69) is 25.2 Å². The second-order valence-electron chi connectivity index (χ2n) is 5.66. The lowest BCUT2D eigenvalue weighted by atomic mass is 10.0. The Hall–Kier alpha value is -1.92. The van der Waals surface area contributed by atoms with Crippen molar-refractivity contribution in [1.82, 2.24) is 15.2 Å². The van der Waals surface area contributed by atoms with E-state index in [-0.39, 0.29) is 30.6 Å². The van der Waals surface area contributed by atoms with Crippen molar-refractivity contribution in [1.29, 1.82) is 0 Å². The smallest absolute Gasteiger partial charge is 0.305 e. The summed E-state index contributed by atoms with van der Waals surface area (Å²) >= 11 is 0. The molecule has 2 rings (SSSR count). The molecule has 1 fully saturated rings. The van der Waals surface area contributed by atoms with Crippen molar-refractivity contribution in [3.05, 3.63) is 5.82 Å². The molecule has 1 atom stereocenters. The van der Waals surface area contributed by atoms with Crippen LogP contribution in [-0.2, 0) is 14.3 Å². The van der Waals surface area contributed by atoms with Gasteiger partial charge >= 0.3 is 5.97 Å². The monoisotopic (exact) mass is 294 g/mol. The third kappa shape index (κ3) is 4.54. The van der Waals surface area contributed by atoms with Crippen LogP contribution >= 0.6 is 0 Å². The maximum Gasteiger partial charge on any atom is 0.305 e. The molecule has 1 amide bonds. The van der Waals surface area contributed by atoms with E-state index in [0.29, 0.717) is 11.9 Å². The number of nitrogens with zero attached hydrogens (tertiary/aromatic N) is 2. The number of anilines is 1. The van der Waals surface area contributed by atoms with Gasteiger partial charge in [0.25, 0.3) is 0 Å². The topological polar surface area (TPSA) is 97.0 Å². The molecule has 1 aliphatic carbocycles. The second-order valence-corrected chi connectivity index (χ2v) is 5.66. The number of ether oxygens (including phenoxy) is 1. The van der Waals surface area contributed by atoms with Gasteiger partial charge in [-0.05, 0) is 18.8 Å². The summed E-state index contributed by atoms with van der Waals surface area (Å²) in [7, 11) is 1.34. The first-order valence-electron chi connectivity index (χ1n) is 7.37. The number of aromatic nitrogens is 3. The molecule has 116 valence electrons. The lowest BCUT2D eigenvalue weighted by Gasteiger charge is -2.08. The maximum atomic E-state index is 11.9. The average molecular weight is 294 g/mol. The standard InChI is InChI=1S/C14H22N4O3/c1-9(8-12(20)21-2)7-11(19)15-14-16-13(17-18-14)10-5-3-4-6-10/h9-10H,3-8H2,1-2H3,(H2,15,16,17,18,19)/t9-/m0/s1. The van der Waals surface area contributed by atoms with Crippen molar-refractivity contribution in [2.45, 2.75) is 51.4 Å². The van der Waals surface area contributed by atoms with Crippen molar-refractivity contribution in [2.75, 3.05) is 12.4 Å². The van der Waals surface area contributed by atoms with Gasteiger partial charge < -0.3 is 4.74 Å². The Balaban J connectivity index is 1.81. The predicted molar refractivity (Wildman–Crippen MR) is 76.6 cm³/mol. The number of carbonyl (C=O) groups excluding carboxylic acids is 2. The first kappa shape index (κ1) is 15.5. The van der Waals surface area contributed by atoms with Gasteiger partial charge in [0.15, 0.2) is 0 Å². The Bertz CT molecular complexity index is 494. The van der Waals surface area contributed by atoms with Crippen molar-refractivity contribution in [2.24, 2.45) is 5.92 Å². The van der Waals surface area contributed by atoms with Crippen molar-refractivity contribution < 1.29 is 14.3 Å². The first-order valence-corrected chi connectivity index (χ1v) is 7.37. The molecule has 1 aromatic rings. The number of hydrogen-bond acceptors (Lipinski definition) is 5. The molecule has 7 heteroatoms. The quantitative estimate of drug-likeness (QED) is 0.782. The summed E-state index contributed by atoms with van der Waals surface area (Å²) in [5, 5.41) is 9.59. The number of hydrogen-bond donors (Lipinski definition) is 2. The van der Waals surface area contributed by atoms with Gasteiger partial charge in [-0.3, -0.25) is 20.0 Å². The van der Waals surface area contributed by atoms with E-state index < -0.39 is 0 Å². The molecular weight excluding hydrogens is 272 g/mol. The minimum absolute atomic E-state index is 0.0781. The Morgan fingerprint density at radius 2 is 2.10 bits per heavy atom. The highest BCUT2D eigenvalue weighted by molar-refractivity contribution is 5.89. The SMILES string of the molecule is COC(=O)C[C@@H](C)CC(=O)Nc1n[nH]c(C2CCCC2)n1. The number of nitrogens with one attached hydrogen (secondary N) is 2. The van der Waals surface area contributed by atoms with E-state index in [9.17, 15) is 9.59 Å². The van der Waals surface area contributed by atoms with E-state index in [4.69, 9.17) is 0 Å². The van der Waals surface area contributed by atoms with Crippen LogP contribution in [0.4, 0.5) is 5.95 Å². The zero-order chi connectivity index (χ0) is 15.2. The third-order valence-electron chi connectivity index (χ3n) is 3.77. The third-order valence-corrected chi connectivity index (χ3v) is 3.77. The summed E-state index contributed by atoms with van der Waals surface area (Å²) in [6.45, 7) is 1.83. The number of esters is 1. The summed E-state index contributed by atoms with van der Waals surface area (Å²) in [6.07, 6.45) is 5.15. The normalized spacial score (nSPS) is 16.7. The fourth-order valence-corrected chi connectivity index (χ4v) is 2.64. The van der Waals surface area contributed by atoms with Gasteiger partial charge in [0.2, 0.25) is 11.9 Å². The van der Waals surface area contributed by atoms with Crippen LogP contribution in [0.15, 0.2) is 0 Å². The minimum Gasteiger partial charge on any atom is -0.469 e. The highest BCUT2D eigenvalue weighted by atomic mass is 16.5. The lowest BCUT2D eigenvalue weighted by molar-refractivity contribution is -0.141. The molecule has 0 saturated heterocycles. The fraction of sp³-hybridized carbons (Fsp3) is 0.714. The van der Waals surface area contributed by atoms with Crippen molar-refractivity contribution in [3.63, 3.8) is 0 Å². The number of rotatable bonds is 6. The van der Waals surface area contributed by atoms with E-state index in [1.54, 1.807) is 0 Å². The van der Waals surface area contributed by atoms with Crippen molar-refractivity contribution >= 4 is 17.8 Å². The zero-order valence-electron chi connectivity index (χ0n) is 12.5. The molecule has 0 unspecified atom stereocenters. The Morgan fingerprint density at radius 3 is 2.76 bits per heavy atom. The van der Waals surface area contributed by atoms with Crippen LogP contribution in [0.5, 0.6) is 0 Å². The van der Waals surface area contributed by atoms with Gasteiger partial charge in [-0.1, -0.05) is 19.8 Å². The van der Waals surface area contributed by atoms with Crippen LogP contribution in [0.1, 0.15) is 57.2 Å². The molecule has 2 N–H and O–H groups in total. The van der Waals surface area contributed by atoms with Crippen LogP contribution < -0.4 is 5.32 Å². The van der Waals surface area contributed by atoms with E-state index >= 15 is 0 Å². The average Bonchev–Trinajstić information content (AvgIpc) is 3.08. The molecule has 1 aliphatic rings. The zero-order valence-corrected chi connectivity index (χ0v) is 12.5. The Labute approximate surface area is 123 Å². The van der Waals surface area contributed by atoms with Gasteiger partial charge in [-0.25, -0.2) is 0 Å². The van der Waals surface area contributed by atoms with Gasteiger partial charge in [-0.15, -0.1) is 5.10 Å². The van der Waals surface area contributed by atoms with Crippen LogP contribution in [0.25, 0.3) is 0 Å². The summed E-state index contributed by atoms with van der Waals surface area (Å²) < 4.78 is 4.58. The molecule has 1 aromatic heterocycles. The molecule has 0 spiro atoms. The summed E-state index contributed by atoms with van der Waals surface area (Å²) in [4.78, 5) is 27.3. The summed E-state index contributed by atoms with van der Waals surface area (Å²) in [5.74, 6) is 1.02. The highest BCUT2D eigenvalue weighted by Gasteiger charge is 2.21. The summed E-state index contributed by atoms with van der Waals surface area (Å²) in [6, 6.07) is 0.